The third-order valence-electron chi connectivity index (χ3n) is 1.93. The van der Waals surface area contributed by atoms with Crippen LogP contribution in [0, 0.1) is 0 Å². The molecule has 2 aliphatic heterocycles. The smallest absolute Gasteiger partial charge is 0.115 e. The van der Waals surface area contributed by atoms with Crippen molar-refractivity contribution in [3.8, 4) is 0 Å². The highest BCUT2D eigenvalue weighted by molar-refractivity contribution is 5.02. The second-order valence-electron chi connectivity index (χ2n) is 2.64. The standard InChI is InChI=1S/C6H10O4/c7-1-3-5(9-3)6-4(2-8)10-6/h3-8H,1-2H2. The van der Waals surface area contributed by atoms with E-state index in [1.807, 2.05) is 0 Å². The Morgan fingerprint density at radius 3 is 1.50 bits per heavy atom. The summed E-state index contributed by atoms with van der Waals surface area (Å²) in [5, 5.41) is 17.1. The number of aliphatic hydroxyl groups excluding tert-OH is 2. The topological polar surface area (TPSA) is 65.5 Å². The lowest BCUT2D eigenvalue weighted by Gasteiger charge is -1.82. The maximum absolute atomic E-state index is 8.57. The molecule has 2 N–H and O–H groups in total. The molecule has 0 bridgehead atoms. The van der Waals surface area contributed by atoms with Crippen LogP contribution in [-0.4, -0.2) is 47.8 Å². The lowest BCUT2D eigenvalue weighted by Crippen LogP contribution is -2.09. The Bertz CT molecular complexity index is 122. The molecule has 0 spiro atoms. The summed E-state index contributed by atoms with van der Waals surface area (Å²) >= 11 is 0. The Hall–Kier alpha value is -0.160. The summed E-state index contributed by atoms with van der Waals surface area (Å²) in [6.07, 6.45) is 0.00685. The molecule has 4 heteroatoms. The second-order valence-corrected chi connectivity index (χ2v) is 2.64. The van der Waals surface area contributed by atoms with Crippen LogP contribution in [0.1, 0.15) is 0 Å². The third kappa shape index (κ3) is 0.932. The van der Waals surface area contributed by atoms with Crippen LogP contribution < -0.4 is 0 Å². The molecule has 2 heterocycles. The largest absolute Gasteiger partial charge is 0.394 e. The molecule has 2 aliphatic rings. The van der Waals surface area contributed by atoms with Gasteiger partial charge >= 0.3 is 0 Å². The molecule has 2 saturated heterocycles. The number of hydrogen-bond acceptors (Lipinski definition) is 4. The highest BCUT2D eigenvalue weighted by Gasteiger charge is 2.56. The summed E-state index contributed by atoms with van der Waals surface area (Å²) in [6.45, 7) is 0.116. The van der Waals surface area contributed by atoms with E-state index in [1.165, 1.54) is 0 Å². The van der Waals surface area contributed by atoms with Gasteiger partial charge in [0.1, 0.15) is 24.4 Å². The first-order chi connectivity index (χ1) is 4.86. The zero-order chi connectivity index (χ0) is 7.14. The zero-order valence-corrected chi connectivity index (χ0v) is 5.43. The fourth-order valence-corrected chi connectivity index (χ4v) is 1.18. The molecule has 0 amide bonds. The Labute approximate surface area is 58.4 Å². The van der Waals surface area contributed by atoms with Crippen LogP contribution in [0.3, 0.4) is 0 Å². The third-order valence-corrected chi connectivity index (χ3v) is 1.93. The van der Waals surface area contributed by atoms with Crippen LogP contribution in [0.4, 0.5) is 0 Å². The molecule has 0 aromatic heterocycles. The fraction of sp³-hybridized carbons (Fsp3) is 1.00. The average molecular weight is 146 g/mol. The first-order valence-corrected chi connectivity index (χ1v) is 3.39. The summed E-state index contributed by atoms with van der Waals surface area (Å²) in [6, 6.07) is 0. The first kappa shape index (κ1) is 6.54. The highest BCUT2D eigenvalue weighted by atomic mass is 16.7. The van der Waals surface area contributed by atoms with Gasteiger partial charge < -0.3 is 19.7 Å². The van der Waals surface area contributed by atoms with Crippen LogP contribution >= 0.6 is 0 Å². The molecule has 2 fully saturated rings. The van der Waals surface area contributed by atoms with E-state index in [-0.39, 0.29) is 37.6 Å². The van der Waals surface area contributed by atoms with Crippen molar-refractivity contribution in [2.45, 2.75) is 24.4 Å². The van der Waals surface area contributed by atoms with Crippen molar-refractivity contribution in [1.29, 1.82) is 0 Å². The van der Waals surface area contributed by atoms with E-state index in [9.17, 15) is 0 Å². The molecule has 2 rings (SSSR count). The van der Waals surface area contributed by atoms with Gasteiger partial charge in [-0.25, -0.2) is 0 Å². The highest BCUT2D eigenvalue weighted by Crippen LogP contribution is 2.37. The number of hydrogen-bond donors (Lipinski definition) is 2. The minimum absolute atomic E-state index is 0.0402. The predicted molar refractivity (Wildman–Crippen MR) is 31.5 cm³/mol. The molecule has 10 heavy (non-hydrogen) atoms. The van der Waals surface area contributed by atoms with Crippen molar-refractivity contribution in [3.05, 3.63) is 0 Å². The van der Waals surface area contributed by atoms with E-state index >= 15 is 0 Å². The second kappa shape index (κ2) is 2.17. The molecule has 0 saturated carbocycles. The van der Waals surface area contributed by atoms with Gasteiger partial charge in [-0.3, -0.25) is 0 Å². The fourth-order valence-electron chi connectivity index (χ4n) is 1.18. The molecule has 0 aliphatic carbocycles. The molecule has 0 aromatic rings. The van der Waals surface area contributed by atoms with E-state index in [4.69, 9.17) is 19.7 Å². The lowest BCUT2D eigenvalue weighted by molar-refractivity contribution is 0.235. The number of rotatable bonds is 3. The van der Waals surface area contributed by atoms with Gasteiger partial charge in [0.25, 0.3) is 0 Å². The normalized spacial score (nSPS) is 51.0. The summed E-state index contributed by atoms with van der Waals surface area (Å²) in [7, 11) is 0. The minimum Gasteiger partial charge on any atom is -0.394 e. The van der Waals surface area contributed by atoms with Gasteiger partial charge in [0, 0.05) is 0 Å². The van der Waals surface area contributed by atoms with Crippen molar-refractivity contribution in [2.24, 2.45) is 0 Å². The molecule has 58 valence electrons. The van der Waals surface area contributed by atoms with E-state index in [0.29, 0.717) is 0 Å². The van der Waals surface area contributed by atoms with Gasteiger partial charge in [-0.15, -0.1) is 0 Å². The van der Waals surface area contributed by atoms with Crippen molar-refractivity contribution in [3.63, 3.8) is 0 Å². The summed E-state index contributed by atoms with van der Waals surface area (Å²) < 4.78 is 10.1. The lowest BCUT2D eigenvalue weighted by atomic mass is 10.2. The van der Waals surface area contributed by atoms with E-state index in [0.717, 1.165) is 0 Å². The summed E-state index contributed by atoms with van der Waals surface area (Å²) in [5.74, 6) is 0. The van der Waals surface area contributed by atoms with Gasteiger partial charge in [-0.05, 0) is 0 Å². The van der Waals surface area contributed by atoms with Crippen molar-refractivity contribution >= 4 is 0 Å². The quantitative estimate of drug-likeness (QED) is 0.476. The molecule has 4 unspecified atom stereocenters. The molecular weight excluding hydrogens is 136 g/mol. The molecule has 0 aromatic carbocycles. The Kier molecular flexibility index (Phi) is 1.42. The minimum atomic E-state index is -0.0402. The summed E-state index contributed by atoms with van der Waals surface area (Å²) in [5.41, 5.74) is 0. The number of ether oxygens (including phenoxy) is 2. The monoisotopic (exact) mass is 146 g/mol. The number of aliphatic hydroxyl groups is 2. The van der Waals surface area contributed by atoms with Gasteiger partial charge in [0.15, 0.2) is 0 Å². The van der Waals surface area contributed by atoms with Gasteiger partial charge in [-0.1, -0.05) is 0 Å². The Morgan fingerprint density at radius 2 is 1.30 bits per heavy atom. The van der Waals surface area contributed by atoms with Crippen molar-refractivity contribution < 1.29 is 19.7 Å². The maximum atomic E-state index is 8.57. The predicted octanol–water partition coefficient (Wildman–Crippen LogP) is -1.49. The van der Waals surface area contributed by atoms with Crippen LogP contribution in [0.15, 0.2) is 0 Å². The van der Waals surface area contributed by atoms with E-state index < -0.39 is 0 Å². The average Bonchev–Trinajstić information content (AvgIpc) is 2.83. The van der Waals surface area contributed by atoms with Crippen LogP contribution in [0.25, 0.3) is 0 Å². The van der Waals surface area contributed by atoms with Crippen LogP contribution in [0.5, 0.6) is 0 Å². The van der Waals surface area contributed by atoms with Crippen LogP contribution in [0.2, 0.25) is 0 Å². The SMILES string of the molecule is OCC1OC1C1OC1CO. The molecule has 4 nitrogen and oxygen atoms in total. The Morgan fingerprint density at radius 1 is 0.900 bits per heavy atom. The molecule has 4 atom stereocenters. The zero-order valence-electron chi connectivity index (χ0n) is 5.43. The van der Waals surface area contributed by atoms with E-state index in [2.05, 4.69) is 0 Å². The first-order valence-electron chi connectivity index (χ1n) is 3.39. The van der Waals surface area contributed by atoms with Gasteiger partial charge in [-0.2, -0.15) is 0 Å². The number of epoxide rings is 2. The van der Waals surface area contributed by atoms with Gasteiger partial charge in [0.2, 0.25) is 0 Å². The van der Waals surface area contributed by atoms with Crippen LogP contribution in [-0.2, 0) is 9.47 Å². The molecular formula is C6H10O4. The van der Waals surface area contributed by atoms with E-state index in [1.54, 1.807) is 0 Å². The van der Waals surface area contributed by atoms with Gasteiger partial charge in [0.05, 0.1) is 13.2 Å². The van der Waals surface area contributed by atoms with Crippen molar-refractivity contribution in [1.82, 2.24) is 0 Å². The molecule has 0 radical (unpaired) electrons. The maximum Gasteiger partial charge on any atom is 0.115 e. The Balaban J connectivity index is 1.74. The van der Waals surface area contributed by atoms with Crippen molar-refractivity contribution in [2.75, 3.05) is 13.2 Å². The summed E-state index contributed by atoms with van der Waals surface area (Å²) in [4.78, 5) is 0.